The van der Waals surface area contributed by atoms with Crippen LogP contribution in [0.5, 0.6) is 0 Å². The molecule has 0 spiro atoms. The Bertz CT molecular complexity index is 336. The van der Waals surface area contributed by atoms with Crippen LogP contribution in [0.25, 0.3) is 0 Å². The van der Waals surface area contributed by atoms with Crippen molar-refractivity contribution in [3.05, 3.63) is 10.0 Å². The van der Waals surface area contributed by atoms with Crippen LogP contribution in [-0.4, -0.2) is 22.3 Å². The molecule has 4 heteroatoms. The summed E-state index contributed by atoms with van der Waals surface area (Å²) in [5.74, 6) is 0.911. The van der Waals surface area contributed by atoms with E-state index >= 15 is 0 Å². The Labute approximate surface area is 102 Å². The standard InChI is InChI=1S/C12H21N3S/c1-12(2,3)13-7-6-10-14-15-11(16-10)8-9-4-5-9/h9,13H,4-8H2,1-3H3. The SMILES string of the molecule is CC(C)(C)NCCc1nnc(CC2CC2)s1. The zero-order chi connectivity index (χ0) is 11.6. The van der Waals surface area contributed by atoms with E-state index in [1.165, 1.54) is 22.9 Å². The number of aromatic nitrogens is 2. The molecule has 0 amide bonds. The molecule has 1 aromatic rings. The third-order valence-electron chi connectivity index (χ3n) is 2.66. The monoisotopic (exact) mass is 239 g/mol. The Morgan fingerprint density at radius 2 is 1.94 bits per heavy atom. The van der Waals surface area contributed by atoms with Crippen LogP contribution in [0.2, 0.25) is 0 Å². The van der Waals surface area contributed by atoms with Gasteiger partial charge in [-0.25, -0.2) is 0 Å². The van der Waals surface area contributed by atoms with Crippen LogP contribution in [-0.2, 0) is 12.8 Å². The molecule has 0 unspecified atom stereocenters. The maximum Gasteiger partial charge on any atom is 0.118 e. The van der Waals surface area contributed by atoms with Crippen LogP contribution >= 0.6 is 11.3 Å². The van der Waals surface area contributed by atoms with Gasteiger partial charge in [-0.15, -0.1) is 21.5 Å². The summed E-state index contributed by atoms with van der Waals surface area (Å²) >= 11 is 1.79. The first-order valence-corrected chi connectivity index (χ1v) is 6.91. The molecule has 0 aliphatic heterocycles. The summed E-state index contributed by atoms with van der Waals surface area (Å²) in [7, 11) is 0. The topological polar surface area (TPSA) is 37.8 Å². The highest BCUT2D eigenvalue weighted by Crippen LogP contribution is 2.33. The normalized spacial score (nSPS) is 16.7. The molecular formula is C12H21N3S. The third kappa shape index (κ3) is 4.18. The van der Waals surface area contributed by atoms with Gasteiger partial charge in [-0.1, -0.05) is 0 Å². The van der Waals surface area contributed by atoms with Crippen molar-refractivity contribution in [3.63, 3.8) is 0 Å². The lowest BCUT2D eigenvalue weighted by Crippen LogP contribution is -2.37. The van der Waals surface area contributed by atoms with E-state index in [9.17, 15) is 0 Å². The molecule has 16 heavy (non-hydrogen) atoms. The van der Waals surface area contributed by atoms with Crippen LogP contribution in [0.15, 0.2) is 0 Å². The fourth-order valence-electron chi connectivity index (χ4n) is 1.59. The summed E-state index contributed by atoms with van der Waals surface area (Å²) < 4.78 is 0. The van der Waals surface area contributed by atoms with Gasteiger partial charge in [-0.05, 0) is 39.5 Å². The molecule has 1 N–H and O–H groups in total. The van der Waals surface area contributed by atoms with E-state index in [1.807, 2.05) is 0 Å². The molecule has 3 nitrogen and oxygen atoms in total. The average Bonchev–Trinajstić information content (AvgIpc) is 2.84. The van der Waals surface area contributed by atoms with Crippen molar-refractivity contribution in [2.24, 2.45) is 5.92 Å². The Morgan fingerprint density at radius 1 is 1.25 bits per heavy atom. The lowest BCUT2D eigenvalue weighted by molar-refractivity contribution is 0.429. The Balaban J connectivity index is 1.74. The molecule has 2 rings (SSSR count). The quantitative estimate of drug-likeness (QED) is 0.857. The second-order valence-corrected chi connectivity index (χ2v) is 6.81. The van der Waals surface area contributed by atoms with E-state index in [0.717, 1.165) is 25.3 Å². The minimum Gasteiger partial charge on any atom is -0.312 e. The summed E-state index contributed by atoms with van der Waals surface area (Å²) in [6, 6.07) is 0. The van der Waals surface area contributed by atoms with Gasteiger partial charge >= 0.3 is 0 Å². The van der Waals surface area contributed by atoms with Gasteiger partial charge in [0.2, 0.25) is 0 Å². The molecule has 1 saturated carbocycles. The number of hydrogen-bond acceptors (Lipinski definition) is 4. The Morgan fingerprint density at radius 3 is 2.56 bits per heavy atom. The predicted octanol–water partition coefficient (Wildman–Crippen LogP) is 2.42. The van der Waals surface area contributed by atoms with Crippen LogP contribution in [0.1, 0.15) is 43.6 Å². The second kappa shape index (κ2) is 4.80. The molecule has 0 aromatic carbocycles. The average molecular weight is 239 g/mol. The molecule has 1 aliphatic rings. The lowest BCUT2D eigenvalue weighted by atomic mass is 10.1. The van der Waals surface area contributed by atoms with Gasteiger partial charge < -0.3 is 5.32 Å². The Kier molecular flexibility index (Phi) is 3.60. The summed E-state index contributed by atoms with van der Waals surface area (Å²) in [5.41, 5.74) is 0.196. The summed E-state index contributed by atoms with van der Waals surface area (Å²) in [6.45, 7) is 7.55. The molecule has 0 bridgehead atoms. The third-order valence-corrected chi connectivity index (χ3v) is 3.67. The van der Waals surface area contributed by atoms with Crippen LogP contribution in [0, 0.1) is 5.92 Å². The Hall–Kier alpha value is -0.480. The molecule has 0 radical (unpaired) electrons. The van der Waals surface area contributed by atoms with Gasteiger partial charge in [0.25, 0.3) is 0 Å². The molecule has 90 valence electrons. The molecule has 0 saturated heterocycles. The van der Waals surface area contributed by atoms with Crippen molar-refractivity contribution >= 4 is 11.3 Å². The zero-order valence-electron chi connectivity index (χ0n) is 10.4. The van der Waals surface area contributed by atoms with E-state index in [0.29, 0.717) is 0 Å². The van der Waals surface area contributed by atoms with Crippen LogP contribution < -0.4 is 5.32 Å². The first kappa shape index (κ1) is 12.0. The first-order chi connectivity index (χ1) is 7.53. The minimum atomic E-state index is 0.196. The van der Waals surface area contributed by atoms with Gasteiger partial charge in [0.05, 0.1) is 0 Å². The molecule has 1 aliphatic carbocycles. The number of rotatable bonds is 5. The maximum atomic E-state index is 4.25. The van der Waals surface area contributed by atoms with E-state index in [2.05, 4.69) is 36.3 Å². The maximum absolute atomic E-state index is 4.25. The van der Waals surface area contributed by atoms with Crippen molar-refractivity contribution < 1.29 is 0 Å². The van der Waals surface area contributed by atoms with Crippen molar-refractivity contribution in [2.75, 3.05) is 6.54 Å². The highest BCUT2D eigenvalue weighted by atomic mass is 32.1. The van der Waals surface area contributed by atoms with Gasteiger partial charge in [0.1, 0.15) is 10.0 Å². The minimum absolute atomic E-state index is 0.196. The van der Waals surface area contributed by atoms with Crippen molar-refractivity contribution in [1.82, 2.24) is 15.5 Å². The van der Waals surface area contributed by atoms with Gasteiger partial charge in [0.15, 0.2) is 0 Å². The number of nitrogens with one attached hydrogen (secondary N) is 1. The lowest BCUT2D eigenvalue weighted by Gasteiger charge is -2.19. The van der Waals surface area contributed by atoms with E-state index in [4.69, 9.17) is 0 Å². The summed E-state index contributed by atoms with van der Waals surface area (Å²) in [4.78, 5) is 0. The summed E-state index contributed by atoms with van der Waals surface area (Å²) in [5, 5.41) is 14.4. The zero-order valence-corrected chi connectivity index (χ0v) is 11.2. The van der Waals surface area contributed by atoms with Crippen molar-refractivity contribution in [1.29, 1.82) is 0 Å². The highest BCUT2D eigenvalue weighted by Gasteiger charge is 2.23. The number of hydrogen-bond donors (Lipinski definition) is 1. The number of nitrogens with zero attached hydrogens (tertiary/aromatic N) is 2. The fraction of sp³-hybridized carbons (Fsp3) is 0.833. The van der Waals surface area contributed by atoms with Gasteiger partial charge in [-0.2, -0.15) is 0 Å². The largest absolute Gasteiger partial charge is 0.312 e. The van der Waals surface area contributed by atoms with Gasteiger partial charge in [-0.3, -0.25) is 0 Å². The molecule has 1 heterocycles. The molecule has 1 aromatic heterocycles. The van der Waals surface area contributed by atoms with E-state index in [1.54, 1.807) is 11.3 Å². The van der Waals surface area contributed by atoms with Crippen LogP contribution in [0.4, 0.5) is 0 Å². The molecule has 1 fully saturated rings. The van der Waals surface area contributed by atoms with Crippen molar-refractivity contribution in [3.8, 4) is 0 Å². The van der Waals surface area contributed by atoms with Crippen LogP contribution in [0.3, 0.4) is 0 Å². The molecular weight excluding hydrogens is 218 g/mol. The molecule has 0 atom stereocenters. The van der Waals surface area contributed by atoms with Crippen molar-refractivity contribution in [2.45, 2.75) is 52.0 Å². The second-order valence-electron chi connectivity index (χ2n) is 5.66. The first-order valence-electron chi connectivity index (χ1n) is 6.09. The fourth-order valence-corrected chi connectivity index (χ4v) is 2.54. The highest BCUT2D eigenvalue weighted by molar-refractivity contribution is 7.11. The summed E-state index contributed by atoms with van der Waals surface area (Å²) in [6.07, 6.45) is 4.94. The van der Waals surface area contributed by atoms with E-state index < -0.39 is 0 Å². The van der Waals surface area contributed by atoms with E-state index in [-0.39, 0.29) is 5.54 Å². The smallest absolute Gasteiger partial charge is 0.118 e. The van der Waals surface area contributed by atoms with Gasteiger partial charge in [0, 0.05) is 24.9 Å². The predicted molar refractivity (Wildman–Crippen MR) is 67.8 cm³/mol.